The largest absolute Gasteiger partial charge is 0.489 e. The van der Waals surface area contributed by atoms with Crippen LogP contribution in [0.5, 0.6) is 5.75 Å². The number of fused-ring (bicyclic) bond motifs is 1. The number of anilines is 2. The Hall–Kier alpha value is -3.79. The van der Waals surface area contributed by atoms with Crippen molar-refractivity contribution in [2.24, 2.45) is 0 Å². The fourth-order valence-corrected chi connectivity index (χ4v) is 3.09. The lowest BCUT2D eigenvalue weighted by atomic mass is 10.1. The summed E-state index contributed by atoms with van der Waals surface area (Å²) in [4.78, 5) is 12.3. The molecular weight excluding hydrogens is 360 g/mol. The number of rotatable bonds is 7. The van der Waals surface area contributed by atoms with Crippen molar-refractivity contribution < 1.29 is 9.53 Å². The minimum atomic E-state index is -0.113. The van der Waals surface area contributed by atoms with E-state index in [0.29, 0.717) is 18.0 Å². The third-order valence-corrected chi connectivity index (χ3v) is 4.57. The van der Waals surface area contributed by atoms with Crippen LogP contribution in [-0.2, 0) is 11.4 Å². The van der Waals surface area contributed by atoms with E-state index in [4.69, 9.17) is 4.74 Å². The van der Waals surface area contributed by atoms with Gasteiger partial charge in [0.1, 0.15) is 12.4 Å². The fraction of sp³-hybridized carbons (Fsp3) is 0.0800. The van der Waals surface area contributed by atoms with Crippen molar-refractivity contribution in [3.05, 3.63) is 103 Å². The molecule has 0 spiro atoms. The second-order valence-corrected chi connectivity index (χ2v) is 6.77. The number of ether oxygens (including phenoxy) is 1. The Balaban J connectivity index is 1.31. The zero-order valence-corrected chi connectivity index (χ0v) is 16.0. The van der Waals surface area contributed by atoms with Gasteiger partial charge in [-0.1, -0.05) is 66.7 Å². The van der Waals surface area contributed by atoms with Crippen LogP contribution < -0.4 is 15.4 Å². The van der Waals surface area contributed by atoms with E-state index in [0.717, 1.165) is 16.6 Å². The zero-order valence-electron chi connectivity index (χ0n) is 16.0. The first kappa shape index (κ1) is 18.6. The number of hydrogen-bond donors (Lipinski definition) is 2. The molecule has 4 aromatic rings. The van der Waals surface area contributed by atoms with E-state index in [1.807, 2.05) is 84.9 Å². The van der Waals surface area contributed by atoms with Crippen LogP contribution in [0.15, 0.2) is 97.1 Å². The van der Waals surface area contributed by atoms with E-state index < -0.39 is 0 Å². The van der Waals surface area contributed by atoms with E-state index in [1.54, 1.807) is 0 Å². The summed E-state index contributed by atoms with van der Waals surface area (Å²) in [5.41, 5.74) is 2.72. The summed E-state index contributed by atoms with van der Waals surface area (Å²) in [6.07, 6.45) is 0. The maximum absolute atomic E-state index is 12.3. The van der Waals surface area contributed by atoms with Gasteiger partial charge in [-0.15, -0.1) is 0 Å². The molecule has 4 aromatic carbocycles. The Labute approximate surface area is 170 Å². The second kappa shape index (κ2) is 8.93. The number of carbonyl (C=O) groups is 1. The van der Waals surface area contributed by atoms with Gasteiger partial charge >= 0.3 is 0 Å². The number of benzene rings is 4. The molecule has 0 bridgehead atoms. The molecule has 0 fully saturated rings. The van der Waals surface area contributed by atoms with Crippen molar-refractivity contribution in [2.75, 3.05) is 17.2 Å². The topological polar surface area (TPSA) is 50.4 Å². The third kappa shape index (κ3) is 5.14. The fourth-order valence-electron chi connectivity index (χ4n) is 3.09. The maximum atomic E-state index is 12.3. The van der Waals surface area contributed by atoms with Gasteiger partial charge in [0.2, 0.25) is 5.91 Å². The summed E-state index contributed by atoms with van der Waals surface area (Å²) in [6.45, 7) is 0.676. The highest BCUT2D eigenvalue weighted by molar-refractivity contribution is 5.94. The Bertz CT molecular complexity index is 1110. The molecule has 0 aliphatic carbocycles. The molecule has 1 amide bonds. The van der Waals surface area contributed by atoms with E-state index in [-0.39, 0.29) is 12.5 Å². The minimum absolute atomic E-state index is 0.113. The molecule has 0 aliphatic rings. The van der Waals surface area contributed by atoms with Gasteiger partial charge in [-0.25, -0.2) is 0 Å². The molecular formula is C25H22N2O2. The van der Waals surface area contributed by atoms with Gasteiger partial charge in [-0.2, -0.15) is 0 Å². The Morgan fingerprint density at radius 1 is 0.724 bits per heavy atom. The normalized spacial score (nSPS) is 10.5. The van der Waals surface area contributed by atoms with Gasteiger partial charge in [0.05, 0.1) is 6.54 Å². The molecule has 0 saturated heterocycles. The van der Waals surface area contributed by atoms with Gasteiger partial charge in [0.15, 0.2) is 0 Å². The summed E-state index contributed by atoms with van der Waals surface area (Å²) >= 11 is 0. The molecule has 29 heavy (non-hydrogen) atoms. The predicted octanol–water partition coefficient (Wildman–Crippen LogP) is 5.47. The molecule has 2 N–H and O–H groups in total. The summed E-state index contributed by atoms with van der Waals surface area (Å²) in [5, 5.41) is 8.40. The summed E-state index contributed by atoms with van der Waals surface area (Å²) in [7, 11) is 0. The van der Waals surface area contributed by atoms with E-state index in [9.17, 15) is 4.79 Å². The van der Waals surface area contributed by atoms with E-state index in [1.165, 1.54) is 5.39 Å². The van der Waals surface area contributed by atoms with Crippen LogP contribution in [0.3, 0.4) is 0 Å². The lowest BCUT2D eigenvalue weighted by Gasteiger charge is -2.11. The lowest BCUT2D eigenvalue weighted by molar-refractivity contribution is -0.114. The SMILES string of the molecule is O=C(CNc1ccc2ccccc2c1)Nc1cccc(OCc2ccccc2)c1. The third-order valence-electron chi connectivity index (χ3n) is 4.57. The first-order valence-corrected chi connectivity index (χ1v) is 9.56. The lowest BCUT2D eigenvalue weighted by Crippen LogP contribution is -2.21. The van der Waals surface area contributed by atoms with Crippen LogP contribution in [-0.4, -0.2) is 12.5 Å². The minimum Gasteiger partial charge on any atom is -0.489 e. The molecule has 0 atom stereocenters. The maximum Gasteiger partial charge on any atom is 0.243 e. The van der Waals surface area contributed by atoms with Crippen molar-refractivity contribution in [1.29, 1.82) is 0 Å². The van der Waals surface area contributed by atoms with Gasteiger partial charge in [0, 0.05) is 17.4 Å². The smallest absolute Gasteiger partial charge is 0.243 e. The molecule has 0 saturated carbocycles. The quantitative estimate of drug-likeness (QED) is 0.446. The van der Waals surface area contributed by atoms with Crippen LogP contribution in [0.4, 0.5) is 11.4 Å². The van der Waals surface area contributed by atoms with E-state index in [2.05, 4.69) is 22.8 Å². The average molecular weight is 382 g/mol. The first-order chi connectivity index (χ1) is 14.3. The monoisotopic (exact) mass is 382 g/mol. The Morgan fingerprint density at radius 3 is 2.38 bits per heavy atom. The molecule has 4 nitrogen and oxygen atoms in total. The van der Waals surface area contributed by atoms with Gasteiger partial charge in [-0.3, -0.25) is 4.79 Å². The predicted molar refractivity (Wildman–Crippen MR) is 118 cm³/mol. The summed E-state index contributed by atoms with van der Waals surface area (Å²) < 4.78 is 5.82. The summed E-state index contributed by atoms with van der Waals surface area (Å²) in [5.74, 6) is 0.604. The van der Waals surface area contributed by atoms with Crippen LogP contribution in [0.25, 0.3) is 10.8 Å². The molecule has 144 valence electrons. The number of hydrogen-bond acceptors (Lipinski definition) is 3. The van der Waals surface area contributed by atoms with Crippen LogP contribution in [0.1, 0.15) is 5.56 Å². The van der Waals surface area contributed by atoms with Crippen molar-refractivity contribution in [3.63, 3.8) is 0 Å². The van der Waals surface area contributed by atoms with Crippen molar-refractivity contribution in [1.82, 2.24) is 0 Å². The van der Waals surface area contributed by atoms with Crippen molar-refractivity contribution in [2.45, 2.75) is 6.61 Å². The number of amides is 1. The number of carbonyl (C=O) groups excluding carboxylic acids is 1. The summed E-state index contributed by atoms with van der Waals surface area (Å²) in [6, 6.07) is 31.6. The molecule has 0 radical (unpaired) electrons. The van der Waals surface area contributed by atoms with Crippen molar-refractivity contribution in [3.8, 4) is 5.75 Å². The van der Waals surface area contributed by atoms with Crippen LogP contribution in [0.2, 0.25) is 0 Å². The van der Waals surface area contributed by atoms with Gasteiger partial charge in [-0.05, 0) is 40.6 Å². The van der Waals surface area contributed by atoms with Crippen LogP contribution >= 0.6 is 0 Å². The van der Waals surface area contributed by atoms with E-state index >= 15 is 0 Å². The molecule has 0 aliphatic heterocycles. The van der Waals surface area contributed by atoms with Gasteiger partial charge < -0.3 is 15.4 Å². The first-order valence-electron chi connectivity index (χ1n) is 9.56. The molecule has 4 heteroatoms. The van der Waals surface area contributed by atoms with Crippen molar-refractivity contribution >= 4 is 28.1 Å². The molecule has 0 heterocycles. The Kier molecular flexibility index (Phi) is 5.72. The molecule has 4 rings (SSSR count). The molecule has 0 unspecified atom stereocenters. The number of nitrogens with one attached hydrogen (secondary N) is 2. The highest BCUT2D eigenvalue weighted by Crippen LogP contribution is 2.20. The highest BCUT2D eigenvalue weighted by atomic mass is 16.5. The standard InChI is InChI=1S/C25H22N2O2/c28-25(17-26-22-14-13-20-9-4-5-10-21(20)15-22)27-23-11-6-12-24(16-23)29-18-19-7-2-1-3-8-19/h1-16,26H,17-18H2,(H,27,28). The highest BCUT2D eigenvalue weighted by Gasteiger charge is 2.05. The molecule has 0 aromatic heterocycles. The average Bonchev–Trinajstić information content (AvgIpc) is 2.77. The van der Waals surface area contributed by atoms with Crippen LogP contribution in [0, 0.1) is 0 Å². The second-order valence-electron chi connectivity index (χ2n) is 6.77. The van der Waals surface area contributed by atoms with Gasteiger partial charge in [0.25, 0.3) is 0 Å². The Morgan fingerprint density at radius 2 is 1.52 bits per heavy atom. The zero-order chi connectivity index (χ0) is 19.9.